The number of phenols is 1. The predicted octanol–water partition coefficient (Wildman–Crippen LogP) is 2.31. The monoisotopic (exact) mass is 342 g/mol. The molecule has 2 aromatic rings. The molecule has 2 aromatic carbocycles. The minimum absolute atomic E-state index is 0.112. The van der Waals surface area contributed by atoms with Crippen LogP contribution in [-0.2, 0) is 16.0 Å². The number of anilines is 1. The second-order valence-electron chi connectivity index (χ2n) is 5.83. The van der Waals surface area contributed by atoms with E-state index in [4.69, 9.17) is 0 Å². The number of carboxylic acids is 1. The van der Waals surface area contributed by atoms with Gasteiger partial charge in [-0.25, -0.2) is 0 Å². The van der Waals surface area contributed by atoms with E-state index in [9.17, 15) is 19.8 Å². The number of phenolic OH excluding ortho intramolecular Hbond substituents is 1. The van der Waals surface area contributed by atoms with Gasteiger partial charge in [0.05, 0.1) is 6.42 Å². The maximum Gasteiger partial charge on any atom is 0.321 e. The highest BCUT2D eigenvalue weighted by Crippen LogP contribution is 2.20. The van der Waals surface area contributed by atoms with Gasteiger partial charge in [-0.15, -0.1) is 0 Å². The van der Waals surface area contributed by atoms with Crippen LogP contribution in [0.2, 0.25) is 0 Å². The third-order valence-electron chi connectivity index (χ3n) is 3.82. The van der Waals surface area contributed by atoms with Crippen molar-refractivity contribution in [3.8, 4) is 5.75 Å². The molecule has 6 nitrogen and oxygen atoms in total. The van der Waals surface area contributed by atoms with Crippen molar-refractivity contribution < 1.29 is 19.8 Å². The molecule has 25 heavy (non-hydrogen) atoms. The number of carbonyl (C=O) groups is 2. The first-order chi connectivity index (χ1) is 12.0. The van der Waals surface area contributed by atoms with E-state index >= 15 is 0 Å². The van der Waals surface area contributed by atoms with Gasteiger partial charge in [0, 0.05) is 5.69 Å². The SMILES string of the molecule is Cc1cc(O)ccc1NC(=O)C[C@@H](NCCc1ccccc1)C(=O)O. The van der Waals surface area contributed by atoms with Gasteiger partial charge < -0.3 is 20.8 Å². The Labute approximate surface area is 146 Å². The molecule has 1 amide bonds. The number of benzene rings is 2. The maximum absolute atomic E-state index is 12.1. The number of nitrogens with one attached hydrogen (secondary N) is 2. The fourth-order valence-corrected chi connectivity index (χ4v) is 2.46. The number of hydrogen-bond donors (Lipinski definition) is 4. The van der Waals surface area contributed by atoms with Crippen molar-refractivity contribution in [1.29, 1.82) is 0 Å². The molecule has 0 aliphatic rings. The minimum atomic E-state index is -1.06. The molecule has 0 saturated carbocycles. The van der Waals surface area contributed by atoms with E-state index in [2.05, 4.69) is 10.6 Å². The summed E-state index contributed by atoms with van der Waals surface area (Å²) >= 11 is 0. The zero-order chi connectivity index (χ0) is 18.2. The number of aromatic hydroxyl groups is 1. The maximum atomic E-state index is 12.1. The molecule has 0 aliphatic heterocycles. The van der Waals surface area contributed by atoms with Crippen LogP contribution in [0.15, 0.2) is 48.5 Å². The molecule has 0 fully saturated rings. The summed E-state index contributed by atoms with van der Waals surface area (Å²) in [6.45, 7) is 2.22. The van der Waals surface area contributed by atoms with Crippen LogP contribution in [0.4, 0.5) is 5.69 Å². The fourth-order valence-electron chi connectivity index (χ4n) is 2.46. The second-order valence-corrected chi connectivity index (χ2v) is 5.83. The minimum Gasteiger partial charge on any atom is -0.508 e. The highest BCUT2D eigenvalue weighted by Gasteiger charge is 2.20. The van der Waals surface area contributed by atoms with E-state index in [1.807, 2.05) is 30.3 Å². The molecule has 0 radical (unpaired) electrons. The average molecular weight is 342 g/mol. The fraction of sp³-hybridized carbons (Fsp3) is 0.263. The molecule has 0 spiro atoms. The first-order valence-electron chi connectivity index (χ1n) is 8.05. The Bertz CT molecular complexity index is 731. The number of carbonyl (C=O) groups excluding carboxylic acids is 1. The molecule has 4 N–H and O–H groups in total. The first-order valence-corrected chi connectivity index (χ1v) is 8.05. The van der Waals surface area contributed by atoms with Crippen molar-refractivity contribution in [1.82, 2.24) is 5.32 Å². The topological polar surface area (TPSA) is 98.7 Å². The van der Waals surface area contributed by atoms with Gasteiger partial charge in [-0.05, 0) is 49.2 Å². The lowest BCUT2D eigenvalue weighted by Crippen LogP contribution is -2.40. The molecule has 0 unspecified atom stereocenters. The lowest BCUT2D eigenvalue weighted by molar-refractivity contribution is -0.141. The summed E-state index contributed by atoms with van der Waals surface area (Å²) < 4.78 is 0. The van der Waals surface area contributed by atoms with Crippen LogP contribution in [0, 0.1) is 6.92 Å². The third kappa shape index (κ3) is 5.93. The second kappa shape index (κ2) is 8.84. The lowest BCUT2D eigenvalue weighted by atomic mass is 10.1. The lowest BCUT2D eigenvalue weighted by Gasteiger charge is -2.15. The molecular weight excluding hydrogens is 320 g/mol. The molecule has 0 aromatic heterocycles. The van der Waals surface area contributed by atoms with Gasteiger partial charge in [-0.2, -0.15) is 0 Å². The number of hydrogen-bond acceptors (Lipinski definition) is 4. The zero-order valence-corrected chi connectivity index (χ0v) is 14.0. The standard InChI is InChI=1S/C19H22N2O4/c1-13-11-15(22)7-8-16(13)21-18(23)12-17(19(24)25)20-10-9-14-5-3-2-4-6-14/h2-8,11,17,20,22H,9-10,12H2,1H3,(H,21,23)(H,24,25)/t17-/m1/s1. The van der Waals surface area contributed by atoms with Crippen molar-refractivity contribution in [3.63, 3.8) is 0 Å². The Kier molecular flexibility index (Phi) is 6.54. The van der Waals surface area contributed by atoms with Crippen LogP contribution in [-0.4, -0.2) is 34.7 Å². The summed E-state index contributed by atoms with van der Waals surface area (Å²) in [5.41, 5.74) is 2.36. The molecule has 0 bridgehead atoms. The van der Waals surface area contributed by atoms with Crippen molar-refractivity contribution in [2.75, 3.05) is 11.9 Å². The van der Waals surface area contributed by atoms with Gasteiger partial charge >= 0.3 is 5.97 Å². The largest absolute Gasteiger partial charge is 0.508 e. The van der Waals surface area contributed by atoms with Gasteiger partial charge in [0.2, 0.25) is 5.91 Å². The Morgan fingerprint density at radius 3 is 2.48 bits per heavy atom. The number of carboxylic acid groups (broad SMARTS) is 1. The summed E-state index contributed by atoms with van der Waals surface area (Å²) in [5.74, 6) is -1.35. The van der Waals surface area contributed by atoms with E-state index in [1.54, 1.807) is 13.0 Å². The molecule has 132 valence electrons. The molecule has 0 aliphatic carbocycles. The summed E-state index contributed by atoms with van der Waals surface area (Å²) in [5, 5.41) is 24.3. The molecule has 6 heteroatoms. The van der Waals surface area contributed by atoms with E-state index in [0.29, 0.717) is 24.2 Å². The van der Waals surface area contributed by atoms with E-state index in [1.165, 1.54) is 12.1 Å². The first kappa shape index (κ1) is 18.5. The van der Waals surface area contributed by atoms with Crippen LogP contribution >= 0.6 is 0 Å². The Morgan fingerprint density at radius 1 is 1.12 bits per heavy atom. The molecule has 1 atom stereocenters. The number of rotatable bonds is 8. The third-order valence-corrected chi connectivity index (χ3v) is 3.82. The Hall–Kier alpha value is -2.86. The quantitative estimate of drug-likeness (QED) is 0.552. The van der Waals surface area contributed by atoms with Gasteiger partial charge in [-0.1, -0.05) is 30.3 Å². The van der Waals surface area contributed by atoms with Crippen LogP contribution in [0.1, 0.15) is 17.5 Å². The number of aryl methyl sites for hydroxylation is 1. The van der Waals surface area contributed by atoms with Crippen molar-refractivity contribution >= 4 is 17.6 Å². The summed E-state index contributed by atoms with van der Waals surface area (Å²) in [7, 11) is 0. The van der Waals surface area contributed by atoms with Crippen LogP contribution in [0.5, 0.6) is 5.75 Å². The predicted molar refractivity (Wildman–Crippen MR) is 95.7 cm³/mol. The summed E-state index contributed by atoms with van der Waals surface area (Å²) in [6.07, 6.45) is 0.508. The van der Waals surface area contributed by atoms with E-state index < -0.39 is 17.9 Å². The Morgan fingerprint density at radius 2 is 1.84 bits per heavy atom. The summed E-state index contributed by atoms with van der Waals surface area (Å²) in [4.78, 5) is 23.5. The summed E-state index contributed by atoms with van der Waals surface area (Å²) in [6, 6.07) is 13.3. The highest BCUT2D eigenvalue weighted by atomic mass is 16.4. The van der Waals surface area contributed by atoms with E-state index in [-0.39, 0.29) is 12.2 Å². The molecular formula is C19H22N2O4. The Balaban J connectivity index is 1.87. The molecule has 2 rings (SSSR count). The highest BCUT2D eigenvalue weighted by molar-refractivity contribution is 5.94. The van der Waals surface area contributed by atoms with Gasteiger partial charge in [0.15, 0.2) is 0 Å². The number of aliphatic carboxylic acids is 1. The van der Waals surface area contributed by atoms with Crippen molar-refractivity contribution in [3.05, 3.63) is 59.7 Å². The van der Waals surface area contributed by atoms with Crippen LogP contribution in [0.25, 0.3) is 0 Å². The van der Waals surface area contributed by atoms with Gasteiger partial charge in [0.25, 0.3) is 0 Å². The smallest absolute Gasteiger partial charge is 0.321 e. The van der Waals surface area contributed by atoms with Crippen molar-refractivity contribution in [2.24, 2.45) is 0 Å². The molecule has 0 saturated heterocycles. The van der Waals surface area contributed by atoms with Gasteiger partial charge in [0.1, 0.15) is 11.8 Å². The normalized spacial score (nSPS) is 11.7. The molecule has 0 heterocycles. The van der Waals surface area contributed by atoms with E-state index in [0.717, 1.165) is 5.56 Å². The average Bonchev–Trinajstić information content (AvgIpc) is 2.57. The van der Waals surface area contributed by atoms with Crippen LogP contribution < -0.4 is 10.6 Å². The van der Waals surface area contributed by atoms with Crippen LogP contribution in [0.3, 0.4) is 0 Å². The van der Waals surface area contributed by atoms with Crippen molar-refractivity contribution in [2.45, 2.75) is 25.8 Å². The zero-order valence-electron chi connectivity index (χ0n) is 14.0. The van der Waals surface area contributed by atoms with Gasteiger partial charge in [-0.3, -0.25) is 9.59 Å². The number of amides is 1.